The Labute approximate surface area is 160 Å². The van der Waals surface area contributed by atoms with E-state index in [1.54, 1.807) is 6.92 Å². The third-order valence-corrected chi connectivity index (χ3v) is 4.08. The van der Waals surface area contributed by atoms with E-state index in [-0.39, 0.29) is 31.6 Å². The number of esters is 3. The fourth-order valence-electron chi connectivity index (χ4n) is 2.61. The first-order valence-electron chi connectivity index (χ1n) is 9.63. The molecule has 1 unspecified atom stereocenters. The molecule has 0 amide bonds. The Morgan fingerprint density at radius 2 is 1.78 bits per heavy atom. The summed E-state index contributed by atoms with van der Waals surface area (Å²) in [5.41, 5.74) is 0.239. The summed E-state index contributed by atoms with van der Waals surface area (Å²) < 4.78 is 14.7. The summed E-state index contributed by atoms with van der Waals surface area (Å²) in [7, 11) is 0. The number of carbonyl (C=O) groups is 3. The minimum absolute atomic E-state index is 0.146. The van der Waals surface area contributed by atoms with Crippen molar-refractivity contribution in [3.05, 3.63) is 23.3 Å². The topological polar surface area (TPSA) is 99.1 Å². The molecule has 0 fully saturated rings. The molecule has 0 spiro atoms. The SMILES string of the molecule is CCCCCCCCOC(=O)C(=CCCC1=CC(=O)OC1O)C(=O)OCC. The van der Waals surface area contributed by atoms with E-state index in [0.717, 1.165) is 19.3 Å². The minimum atomic E-state index is -1.27. The molecule has 0 saturated heterocycles. The van der Waals surface area contributed by atoms with Gasteiger partial charge in [-0.25, -0.2) is 14.4 Å². The van der Waals surface area contributed by atoms with E-state index in [9.17, 15) is 19.5 Å². The van der Waals surface area contributed by atoms with Gasteiger partial charge in [-0.05, 0) is 26.2 Å². The molecular weight excluding hydrogens is 352 g/mol. The second-order valence-electron chi connectivity index (χ2n) is 6.29. The molecule has 1 aliphatic heterocycles. The first kappa shape index (κ1) is 22.9. The normalized spacial score (nSPS) is 16.7. The number of rotatable bonds is 13. The lowest BCUT2D eigenvalue weighted by Crippen LogP contribution is -2.19. The molecule has 7 nitrogen and oxygen atoms in total. The predicted molar refractivity (Wildman–Crippen MR) is 98.5 cm³/mol. The van der Waals surface area contributed by atoms with E-state index < -0.39 is 24.2 Å². The summed E-state index contributed by atoms with van der Waals surface area (Å²) in [6.07, 6.45) is 8.29. The number of unbranched alkanes of at least 4 members (excludes halogenated alkanes) is 5. The first-order valence-corrected chi connectivity index (χ1v) is 9.63. The summed E-state index contributed by atoms with van der Waals surface area (Å²) in [6.45, 7) is 4.21. The Balaban J connectivity index is 2.49. The number of aliphatic hydroxyl groups is 1. The van der Waals surface area contributed by atoms with E-state index in [4.69, 9.17) is 9.47 Å². The molecule has 1 N–H and O–H groups in total. The average molecular weight is 382 g/mol. The zero-order valence-electron chi connectivity index (χ0n) is 16.2. The van der Waals surface area contributed by atoms with Crippen molar-refractivity contribution in [3.8, 4) is 0 Å². The summed E-state index contributed by atoms with van der Waals surface area (Å²) in [5, 5.41) is 9.53. The zero-order chi connectivity index (χ0) is 20.1. The van der Waals surface area contributed by atoms with E-state index >= 15 is 0 Å². The minimum Gasteiger partial charge on any atom is -0.462 e. The molecule has 0 saturated carbocycles. The highest BCUT2D eigenvalue weighted by Gasteiger charge is 2.24. The lowest BCUT2D eigenvalue weighted by atomic mass is 10.1. The van der Waals surface area contributed by atoms with Crippen molar-refractivity contribution in [3.63, 3.8) is 0 Å². The van der Waals surface area contributed by atoms with Gasteiger partial charge in [0.05, 0.1) is 13.2 Å². The summed E-state index contributed by atoms with van der Waals surface area (Å²) >= 11 is 0. The lowest BCUT2D eigenvalue weighted by Gasteiger charge is -2.09. The molecular formula is C20H30O7. The van der Waals surface area contributed by atoms with Crippen LogP contribution in [0.1, 0.15) is 65.2 Å². The van der Waals surface area contributed by atoms with Gasteiger partial charge in [-0.15, -0.1) is 0 Å². The molecule has 1 atom stereocenters. The predicted octanol–water partition coefficient (Wildman–Crippen LogP) is 2.96. The van der Waals surface area contributed by atoms with Gasteiger partial charge < -0.3 is 19.3 Å². The Hall–Kier alpha value is -2.15. The van der Waals surface area contributed by atoms with Crippen LogP contribution in [0.25, 0.3) is 0 Å². The van der Waals surface area contributed by atoms with Gasteiger partial charge in [-0.2, -0.15) is 0 Å². The summed E-state index contributed by atoms with van der Waals surface area (Å²) in [5.74, 6) is -2.06. The Kier molecular flexibility index (Phi) is 11.1. The third kappa shape index (κ3) is 8.86. The molecule has 7 heteroatoms. The van der Waals surface area contributed by atoms with Crippen molar-refractivity contribution < 1.29 is 33.7 Å². The van der Waals surface area contributed by atoms with Crippen LogP contribution >= 0.6 is 0 Å². The van der Waals surface area contributed by atoms with Crippen LogP contribution in [0.15, 0.2) is 23.3 Å². The molecule has 152 valence electrons. The number of ether oxygens (including phenoxy) is 3. The maximum atomic E-state index is 12.2. The largest absolute Gasteiger partial charge is 0.462 e. The molecule has 1 aliphatic rings. The Morgan fingerprint density at radius 1 is 1.11 bits per heavy atom. The van der Waals surface area contributed by atoms with Crippen LogP contribution in [0.2, 0.25) is 0 Å². The molecule has 0 aliphatic carbocycles. The molecule has 1 rings (SSSR count). The van der Waals surface area contributed by atoms with Gasteiger partial charge in [-0.3, -0.25) is 0 Å². The molecule has 1 heterocycles. The van der Waals surface area contributed by atoms with Crippen molar-refractivity contribution in [1.82, 2.24) is 0 Å². The van der Waals surface area contributed by atoms with Crippen LogP contribution < -0.4 is 0 Å². The van der Waals surface area contributed by atoms with Crippen LogP contribution in [0.4, 0.5) is 0 Å². The summed E-state index contributed by atoms with van der Waals surface area (Å²) in [6, 6.07) is 0. The van der Waals surface area contributed by atoms with Gasteiger partial charge in [0.2, 0.25) is 6.29 Å². The zero-order valence-corrected chi connectivity index (χ0v) is 16.2. The monoisotopic (exact) mass is 382 g/mol. The lowest BCUT2D eigenvalue weighted by molar-refractivity contribution is -0.151. The fraction of sp³-hybridized carbons (Fsp3) is 0.650. The van der Waals surface area contributed by atoms with Crippen LogP contribution in [-0.4, -0.2) is 42.5 Å². The maximum absolute atomic E-state index is 12.2. The van der Waals surface area contributed by atoms with E-state index in [1.807, 2.05) is 0 Å². The van der Waals surface area contributed by atoms with Gasteiger partial charge >= 0.3 is 17.9 Å². The van der Waals surface area contributed by atoms with Crippen LogP contribution in [0.5, 0.6) is 0 Å². The number of hydrogen-bond donors (Lipinski definition) is 1. The number of hydrogen-bond acceptors (Lipinski definition) is 7. The van der Waals surface area contributed by atoms with Crippen molar-refractivity contribution in [2.45, 2.75) is 71.5 Å². The van der Waals surface area contributed by atoms with Gasteiger partial charge in [0.25, 0.3) is 0 Å². The highest BCUT2D eigenvalue weighted by Crippen LogP contribution is 2.19. The second-order valence-corrected chi connectivity index (χ2v) is 6.29. The third-order valence-electron chi connectivity index (χ3n) is 4.08. The number of aliphatic hydroxyl groups excluding tert-OH is 1. The van der Waals surface area contributed by atoms with Crippen molar-refractivity contribution >= 4 is 17.9 Å². The van der Waals surface area contributed by atoms with Crippen LogP contribution in [0.3, 0.4) is 0 Å². The fourth-order valence-corrected chi connectivity index (χ4v) is 2.61. The maximum Gasteiger partial charge on any atom is 0.345 e. The van der Waals surface area contributed by atoms with Gasteiger partial charge in [0.15, 0.2) is 0 Å². The average Bonchev–Trinajstić information content (AvgIpc) is 2.95. The number of cyclic esters (lactones) is 1. The highest BCUT2D eigenvalue weighted by atomic mass is 16.6. The molecule has 0 aromatic rings. The van der Waals surface area contributed by atoms with Gasteiger partial charge in [0, 0.05) is 11.6 Å². The van der Waals surface area contributed by atoms with Crippen molar-refractivity contribution in [2.75, 3.05) is 13.2 Å². The van der Waals surface area contributed by atoms with E-state index in [1.165, 1.54) is 31.4 Å². The van der Waals surface area contributed by atoms with E-state index in [0.29, 0.717) is 5.57 Å². The second kappa shape index (κ2) is 13.1. The first-order chi connectivity index (χ1) is 13.0. The molecule has 0 radical (unpaired) electrons. The van der Waals surface area contributed by atoms with Gasteiger partial charge in [0.1, 0.15) is 5.57 Å². The smallest absolute Gasteiger partial charge is 0.345 e. The van der Waals surface area contributed by atoms with Crippen molar-refractivity contribution in [1.29, 1.82) is 0 Å². The quantitative estimate of drug-likeness (QED) is 0.131. The molecule has 0 bridgehead atoms. The number of carbonyl (C=O) groups excluding carboxylic acids is 3. The van der Waals surface area contributed by atoms with E-state index in [2.05, 4.69) is 11.7 Å². The Bertz CT molecular complexity index is 563. The highest BCUT2D eigenvalue weighted by molar-refractivity contribution is 6.14. The molecule has 0 aromatic heterocycles. The number of allylic oxidation sites excluding steroid dienone is 1. The van der Waals surface area contributed by atoms with Crippen LogP contribution in [0, 0.1) is 0 Å². The van der Waals surface area contributed by atoms with Gasteiger partial charge in [-0.1, -0.05) is 45.1 Å². The van der Waals surface area contributed by atoms with Crippen molar-refractivity contribution in [2.24, 2.45) is 0 Å². The molecule has 27 heavy (non-hydrogen) atoms. The molecule has 0 aromatic carbocycles. The summed E-state index contributed by atoms with van der Waals surface area (Å²) in [4.78, 5) is 35.3. The standard InChI is InChI=1S/C20H30O7/c1-3-5-6-7-8-9-13-26-20(24)16(19(23)25-4-2)12-10-11-15-14-17(21)27-18(15)22/h12,14,18,22H,3-11,13H2,1-2H3. The Morgan fingerprint density at radius 3 is 2.41 bits per heavy atom. The van der Waals surface area contributed by atoms with Crippen LogP contribution in [-0.2, 0) is 28.6 Å².